The van der Waals surface area contributed by atoms with E-state index in [0.717, 1.165) is 11.0 Å². The molecule has 0 aliphatic carbocycles. The van der Waals surface area contributed by atoms with Gasteiger partial charge in [-0.2, -0.15) is 0 Å². The second-order valence-electron chi connectivity index (χ2n) is 6.37. The maximum atomic E-state index is 12.6. The Morgan fingerprint density at radius 3 is 2.47 bits per heavy atom. The number of phenols is 1. The van der Waals surface area contributed by atoms with E-state index in [1.54, 1.807) is 36.9 Å². The Bertz CT molecular complexity index is 934. The molecular formula is C22H26N2O7S. The molecule has 2 aromatic carbocycles. The first kappa shape index (κ1) is 25.1. The molecule has 0 aliphatic rings. The van der Waals surface area contributed by atoms with Crippen LogP contribution in [-0.2, 0) is 14.3 Å². The number of ether oxygens (including phenoxy) is 3. The third-order valence-corrected chi connectivity index (χ3v) is 5.05. The Labute approximate surface area is 190 Å². The summed E-state index contributed by atoms with van der Waals surface area (Å²) in [6.07, 6.45) is 1.67. The molecule has 2 aromatic rings. The van der Waals surface area contributed by atoms with Crippen LogP contribution >= 0.6 is 11.8 Å². The molecule has 4 N–H and O–H groups in total. The van der Waals surface area contributed by atoms with Crippen LogP contribution in [0.3, 0.4) is 0 Å². The summed E-state index contributed by atoms with van der Waals surface area (Å²) >= 11 is 1.58. The van der Waals surface area contributed by atoms with Crippen LogP contribution in [-0.4, -0.2) is 48.4 Å². The van der Waals surface area contributed by atoms with Crippen molar-refractivity contribution < 1.29 is 34.1 Å². The van der Waals surface area contributed by atoms with Crippen molar-refractivity contribution in [3.8, 4) is 11.5 Å². The SMILES string of the molecule is CCO[C@H](/C=C/C(=O)NO)[C@H](OC(=O)Nc1ccc(SC)cc1)c1ccc(OC)c(O)c1. The molecular weight excluding hydrogens is 436 g/mol. The molecule has 172 valence electrons. The van der Waals surface area contributed by atoms with Gasteiger partial charge in [0.05, 0.1) is 7.11 Å². The van der Waals surface area contributed by atoms with Crippen molar-refractivity contribution in [2.24, 2.45) is 0 Å². The monoisotopic (exact) mass is 462 g/mol. The number of carbonyl (C=O) groups is 2. The smallest absolute Gasteiger partial charge is 0.412 e. The number of hydrogen-bond donors (Lipinski definition) is 4. The van der Waals surface area contributed by atoms with Crippen molar-refractivity contribution in [3.05, 3.63) is 60.2 Å². The van der Waals surface area contributed by atoms with Gasteiger partial charge in [0.2, 0.25) is 0 Å². The first-order chi connectivity index (χ1) is 15.4. The molecule has 2 atom stereocenters. The number of phenolic OH excluding ortho intramolecular Hbond substituents is 1. The molecule has 0 spiro atoms. The lowest BCUT2D eigenvalue weighted by Gasteiger charge is -2.25. The van der Waals surface area contributed by atoms with Crippen LogP contribution in [0.5, 0.6) is 11.5 Å². The standard InChI is InChI=1S/C22H26N2O7S/c1-4-30-19(11-12-20(26)24-28)21(14-5-10-18(29-2)17(25)13-14)31-22(27)23-15-6-8-16(32-3)9-7-15/h5-13,19,21,25,28H,4H2,1-3H3,(H,23,27)(H,24,26)/b12-11+/t19-,21-/m1/s1. The fourth-order valence-corrected chi connectivity index (χ4v) is 3.21. The van der Waals surface area contributed by atoms with Gasteiger partial charge in [0.1, 0.15) is 6.10 Å². The Morgan fingerprint density at radius 1 is 1.19 bits per heavy atom. The molecule has 0 saturated carbocycles. The average Bonchev–Trinajstić information content (AvgIpc) is 2.80. The summed E-state index contributed by atoms with van der Waals surface area (Å²) in [6, 6.07) is 11.7. The third kappa shape index (κ3) is 7.19. The van der Waals surface area contributed by atoms with Crippen LogP contribution in [0.1, 0.15) is 18.6 Å². The Balaban J connectivity index is 2.32. The first-order valence-corrected chi connectivity index (χ1v) is 10.9. The highest BCUT2D eigenvalue weighted by Crippen LogP contribution is 2.33. The van der Waals surface area contributed by atoms with Crippen molar-refractivity contribution in [2.75, 3.05) is 25.3 Å². The fourth-order valence-electron chi connectivity index (χ4n) is 2.80. The summed E-state index contributed by atoms with van der Waals surface area (Å²) in [4.78, 5) is 25.1. The number of benzene rings is 2. The molecule has 0 saturated heterocycles. The number of aromatic hydroxyl groups is 1. The second-order valence-corrected chi connectivity index (χ2v) is 7.25. The molecule has 2 amide bonds. The van der Waals surface area contributed by atoms with Crippen molar-refractivity contribution in [2.45, 2.75) is 24.0 Å². The van der Waals surface area contributed by atoms with Gasteiger partial charge in [0.25, 0.3) is 5.91 Å². The number of anilines is 1. The van der Waals surface area contributed by atoms with Crippen LogP contribution in [0, 0.1) is 0 Å². The lowest BCUT2D eigenvalue weighted by molar-refractivity contribution is -0.124. The predicted octanol–water partition coefficient (Wildman–Crippen LogP) is 3.88. The number of amides is 2. The van der Waals surface area contributed by atoms with Crippen LogP contribution < -0.4 is 15.5 Å². The van der Waals surface area contributed by atoms with E-state index >= 15 is 0 Å². The molecule has 9 nitrogen and oxygen atoms in total. The van der Waals surface area contributed by atoms with E-state index in [1.807, 2.05) is 18.4 Å². The summed E-state index contributed by atoms with van der Waals surface area (Å²) in [5.41, 5.74) is 2.43. The lowest BCUT2D eigenvalue weighted by atomic mass is 10.0. The number of nitrogens with one attached hydrogen (secondary N) is 2. The van der Waals surface area contributed by atoms with Gasteiger partial charge < -0.3 is 19.3 Å². The quantitative estimate of drug-likeness (QED) is 0.181. The van der Waals surface area contributed by atoms with Gasteiger partial charge in [-0.3, -0.25) is 15.3 Å². The predicted molar refractivity (Wildman–Crippen MR) is 120 cm³/mol. The molecule has 0 aliphatic heterocycles. The molecule has 0 unspecified atom stereocenters. The van der Waals surface area contributed by atoms with Gasteiger partial charge in [-0.05, 0) is 61.2 Å². The van der Waals surface area contributed by atoms with Gasteiger partial charge in [0, 0.05) is 23.3 Å². The van der Waals surface area contributed by atoms with Gasteiger partial charge in [-0.25, -0.2) is 10.3 Å². The van der Waals surface area contributed by atoms with Crippen molar-refractivity contribution in [3.63, 3.8) is 0 Å². The number of hydroxylamine groups is 1. The molecule has 10 heteroatoms. The molecule has 0 fully saturated rings. The average molecular weight is 463 g/mol. The molecule has 0 radical (unpaired) electrons. The first-order valence-electron chi connectivity index (χ1n) is 9.64. The van der Waals surface area contributed by atoms with E-state index in [-0.39, 0.29) is 18.1 Å². The summed E-state index contributed by atoms with van der Waals surface area (Å²) in [5.74, 6) is -0.683. The maximum Gasteiger partial charge on any atom is 0.412 e. The highest BCUT2D eigenvalue weighted by Gasteiger charge is 2.27. The summed E-state index contributed by atoms with van der Waals surface area (Å²) in [5, 5.41) is 21.6. The van der Waals surface area contributed by atoms with Crippen LogP contribution in [0.15, 0.2) is 59.5 Å². The van der Waals surface area contributed by atoms with Crippen molar-refractivity contribution in [1.29, 1.82) is 0 Å². The Morgan fingerprint density at radius 2 is 1.91 bits per heavy atom. The number of hydrogen-bond acceptors (Lipinski definition) is 8. The van der Waals surface area contributed by atoms with E-state index in [9.17, 15) is 14.7 Å². The van der Waals surface area contributed by atoms with Gasteiger partial charge in [-0.15, -0.1) is 11.8 Å². The molecule has 32 heavy (non-hydrogen) atoms. The Hall–Kier alpha value is -3.21. The van der Waals surface area contributed by atoms with E-state index in [4.69, 9.17) is 19.4 Å². The lowest BCUT2D eigenvalue weighted by Crippen LogP contribution is -2.28. The van der Waals surface area contributed by atoms with Crippen molar-refractivity contribution in [1.82, 2.24) is 5.48 Å². The summed E-state index contributed by atoms with van der Waals surface area (Å²) in [6.45, 7) is 1.98. The van der Waals surface area contributed by atoms with Gasteiger partial charge >= 0.3 is 6.09 Å². The fraction of sp³-hybridized carbons (Fsp3) is 0.273. The maximum absolute atomic E-state index is 12.6. The van der Waals surface area contributed by atoms with E-state index in [1.165, 1.54) is 30.8 Å². The second kappa shape index (κ2) is 12.6. The van der Waals surface area contributed by atoms with Crippen LogP contribution in [0.4, 0.5) is 10.5 Å². The molecule has 2 rings (SSSR count). The summed E-state index contributed by atoms with van der Waals surface area (Å²) in [7, 11) is 1.41. The number of rotatable bonds is 10. The zero-order valence-electron chi connectivity index (χ0n) is 17.9. The number of carbonyl (C=O) groups excluding carboxylic acids is 2. The zero-order chi connectivity index (χ0) is 23.5. The van der Waals surface area contributed by atoms with Gasteiger partial charge in [-0.1, -0.05) is 6.07 Å². The summed E-state index contributed by atoms with van der Waals surface area (Å²) < 4.78 is 16.4. The van der Waals surface area contributed by atoms with Crippen molar-refractivity contribution >= 4 is 29.4 Å². The molecule has 0 aromatic heterocycles. The number of thioether (sulfide) groups is 1. The van der Waals surface area contributed by atoms with E-state index in [0.29, 0.717) is 11.3 Å². The molecule has 0 bridgehead atoms. The minimum Gasteiger partial charge on any atom is -0.504 e. The van der Waals surface area contributed by atoms with E-state index < -0.39 is 24.2 Å². The third-order valence-electron chi connectivity index (χ3n) is 4.31. The van der Waals surface area contributed by atoms with Gasteiger partial charge in [0.15, 0.2) is 17.6 Å². The van der Waals surface area contributed by atoms with E-state index in [2.05, 4.69) is 5.32 Å². The van der Waals surface area contributed by atoms with Crippen LogP contribution in [0.25, 0.3) is 0 Å². The highest BCUT2D eigenvalue weighted by molar-refractivity contribution is 7.98. The Kier molecular flexibility index (Phi) is 9.86. The topological polar surface area (TPSA) is 126 Å². The zero-order valence-corrected chi connectivity index (χ0v) is 18.7. The largest absolute Gasteiger partial charge is 0.504 e. The number of methoxy groups -OCH3 is 1. The minimum absolute atomic E-state index is 0.154. The molecule has 0 heterocycles. The van der Waals surface area contributed by atoms with Crippen LogP contribution in [0.2, 0.25) is 0 Å². The normalized spacial score (nSPS) is 12.8. The minimum atomic E-state index is -1.03. The highest BCUT2D eigenvalue weighted by atomic mass is 32.2.